The van der Waals surface area contributed by atoms with Gasteiger partial charge < -0.3 is 0 Å². The SMILES string of the molecule is CCCB=Bc1ccccc1. The van der Waals surface area contributed by atoms with Gasteiger partial charge in [-0.05, 0) is 0 Å². The van der Waals surface area contributed by atoms with E-state index in [1.54, 1.807) is 0 Å². The molecular formula is C9H12B2. The molecule has 0 unspecified atom stereocenters. The third-order valence-corrected chi connectivity index (χ3v) is 1.57. The van der Waals surface area contributed by atoms with E-state index in [-0.39, 0.29) is 0 Å². The third kappa shape index (κ3) is 3.31. The first-order valence-corrected chi connectivity index (χ1v) is 4.15. The first-order valence-electron chi connectivity index (χ1n) is 4.15. The summed E-state index contributed by atoms with van der Waals surface area (Å²) in [6.07, 6.45) is 2.40. The number of rotatable bonds is 3. The van der Waals surface area contributed by atoms with E-state index in [2.05, 4.69) is 44.8 Å². The Morgan fingerprint density at radius 2 is 1.91 bits per heavy atom. The molecule has 0 aliphatic carbocycles. The fourth-order valence-corrected chi connectivity index (χ4v) is 0.950. The van der Waals surface area contributed by atoms with Gasteiger partial charge in [0.2, 0.25) is 0 Å². The molecule has 0 amide bonds. The Balaban J connectivity index is 2.50. The van der Waals surface area contributed by atoms with Gasteiger partial charge >= 0.3 is 69.1 Å². The summed E-state index contributed by atoms with van der Waals surface area (Å²) in [4.78, 5) is 0. The van der Waals surface area contributed by atoms with Gasteiger partial charge in [-0.1, -0.05) is 0 Å². The predicted molar refractivity (Wildman–Crippen MR) is 52.7 cm³/mol. The average Bonchev–Trinajstić information content (AvgIpc) is 2.07. The molecule has 0 atom stereocenters. The number of hydrogen-bond acceptors (Lipinski definition) is 0. The van der Waals surface area contributed by atoms with E-state index < -0.39 is 0 Å². The van der Waals surface area contributed by atoms with E-state index in [0.29, 0.717) is 0 Å². The molecule has 1 rings (SSSR count). The van der Waals surface area contributed by atoms with Gasteiger partial charge in [0.1, 0.15) is 0 Å². The predicted octanol–water partition coefficient (Wildman–Crippen LogP) is 1.46. The molecule has 0 nitrogen and oxygen atoms in total. The van der Waals surface area contributed by atoms with Crippen molar-refractivity contribution in [2.75, 3.05) is 0 Å². The molecule has 0 aromatic heterocycles. The van der Waals surface area contributed by atoms with Crippen molar-refractivity contribution in [3.8, 4) is 0 Å². The summed E-state index contributed by atoms with van der Waals surface area (Å²) < 4.78 is 0. The molecule has 0 heterocycles. The van der Waals surface area contributed by atoms with Crippen molar-refractivity contribution < 1.29 is 0 Å². The van der Waals surface area contributed by atoms with Gasteiger partial charge in [0.25, 0.3) is 0 Å². The Hall–Kier alpha value is -0.650. The molecule has 0 fully saturated rings. The zero-order chi connectivity index (χ0) is 7.94. The van der Waals surface area contributed by atoms with E-state index >= 15 is 0 Å². The molecule has 1 aromatic rings. The Bertz CT molecular complexity index is 216. The minimum absolute atomic E-state index is 1.18. The second-order valence-electron chi connectivity index (χ2n) is 2.60. The fraction of sp³-hybridized carbons (Fsp3) is 0.333. The summed E-state index contributed by atoms with van der Waals surface area (Å²) in [6, 6.07) is 10.4. The van der Waals surface area contributed by atoms with Crippen molar-refractivity contribution in [2.24, 2.45) is 0 Å². The molecular weight excluding hydrogens is 130 g/mol. The van der Waals surface area contributed by atoms with Crippen LogP contribution in [0.2, 0.25) is 6.32 Å². The molecule has 0 bridgehead atoms. The first-order chi connectivity index (χ1) is 5.43. The second-order valence-corrected chi connectivity index (χ2v) is 2.60. The molecule has 1 aromatic carbocycles. The Morgan fingerprint density at radius 3 is 2.55 bits per heavy atom. The topological polar surface area (TPSA) is 0 Å². The zero-order valence-electron chi connectivity index (χ0n) is 6.96. The van der Waals surface area contributed by atoms with Crippen LogP contribution >= 0.6 is 0 Å². The van der Waals surface area contributed by atoms with Gasteiger partial charge in [-0.15, -0.1) is 0 Å². The summed E-state index contributed by atoms with van der Waals surface area (Å²) in [6.45, 7) is 6.58. The Morgan fingerprint density at radius 1 is 1.18 bits per heavy atom. The van der Waals surface area contributed by atoms with E-state index in [1.165, 1.54) is 18.2 Å². The van der Waals surface area contributed by atoms with Crippen LogP contribution in [0.1, 0.15) is 13.3 Å². The number of hydrogen-bond donors (Lipinski definition) is 0. The van der Waals surface area contributed by atoms with Crippen LogP contribution in [0.15, 0.2) is 30.3 Å². The molecule has 0 N–H and O–H groups in total. The summed E-state index contributed by atoms with van der Waals surface area (Å²) in [5, 5.41) is 0. The van der Waals surface area contributed by atoms with Gasteiger partial charge in [0, 0.05) is 0 Å². The van der Waals surface area contributed by atoms with Crippen molar-refractivity contribution in [3.05, 3.63) is 30.3 Å². The van der Waals surface area contributed by atoms with Crippen molar-refractivity contribution in [2.45, 2.75) is 19.7 Å². The van der Waals surface area contributed by atoms with Crippen molar-refractivity contribution >= 4 is 19.1 Å². The van der Waals surface area contributed by atoms with E-state index in [1.807, 2.05) is 6.07 Å². The first kappa shape index (κ1) is 8.45. The molecule has 0 radical (unpaired) electrons. The fourth-order valence-electron chi connectivity index (χ4n) is 0.950. The van der Waals surface area contributed by atoms with Crippen LogP contribution in [-0.2, 0) is 0 Å². The van der Waals surface area contributed by atoms with E-state index in [4.69, 9.17) is 0 Å². The van der Waals surface area contributed by atoms with Crippen LogP contribution in [0.3, 0.4) is 0 Å². The van der Waals surface area contributed by atoms with Crippen LogP contribution < -0.4 is 5.46 Å². The summed E-state index contributed by atoms with van der Waals surface area (Å²) in [7, 11) is 0. The summed E-state index contributed by atoms with van der Waals surface area (Å²) >= 11 is 0. The van der Waals surface area contributed by atoms with Crippen LogP contribution in [-0.4, -0.2) is 13.6 Å². The maximum absolute atomic E-state index is 2.22. The quantitative estimate of drug-likeness (QED) is 0.560. The molecule has 0 aliphatic heterocycles. The molecule has 2 heteroatoms. The van der Waals surface area contributed by atoms with Crippen molar-refractivity contribution in [1.29, 1.82) is 0 Å². The standard InChI is InChI=1S/C9H12B2/c1-2-8-10-11-9-6-4-3-5-7-9/h3-7H,2,8H2,1H3. The molecule has 11 heavy (non-hydrogen) atoms. The van der Waals surface area contributed by atoms with Gasteiger partial charge in [-0.25, -0.2) is 0 Å². The number of benzene rings is 1. The third-order valence-electron chi connectivity index (χ3n) is 1.57. The monoisotopic (exact) mass is 142 g/mol. The molecule has 0 aliphatic rings. The van der Waals surface area contributed by atoms with Gasteiger partial charge in [-0.2, -0.15) is 0 Å². The van der Waals surface area contributed by atoms with Crippen molar-refractivity contribution in [3.63, 3.8) is 0 Å². The van der Waals surface area contributed by atoms with E-state index in [0.717, 1.165) is 0 Å². The summed E-state index contributed by atoms with van der Waals surface area (Å²) in [5.74, 6) is 0. The maximum atomic E-state index is 2.22. The van der Waals surface area contributed by atoms with Crippen LogP contribution in [0.5, 0.6) is 0 Å². The minimum atomic E-state index is 1.18. The molecule has 0 saturated heterocycles. The Labute approximate surface area is 69.7 Å². The zero-order valence-corrected chi connectivity index (χ0v) is 6.96. The van der Waals surface area contributed by atoms with Crippen LogP contribution in [0.25, 0.3) is 0 Å². The van der Waals surface area contributed by atoms with Crippen LogP contribution in [0, 0.1) is 0 Å². The van der Waals surface area contributed by atoms with Gasteiger partial charge in [0.15, 0.2) is 0 Å². The second kappa shape index (κ2) is 5.06. The molecule has 54 valence electrons. The average molecular weight is 142 g/mol. The molecule has 0 saturated carbocycles. The van der Waals surface area contributed by atoms with Crippen molar-refractivity contribution in [1.82, 2.24) is 0 Å². The molecule has 0 spiro atoms. The van der Waals surface area contributed by atoms with Crippen LogP contribution in [0.4, 0.5) is 0 Å². The normalized spacial score (nSPS) is 9.18. The van der Waals surface area contributed by atoms with Gasteiger partial charge in [-0.3, -0.25) is 0 Å². The van der Waals surface area contributed by atoms with E-state index in [9.17, 15) is 0 Å². The van der Waals surface area contributed by atoms with Gasteiger partial charge in [0.05, 0.1) is 0 Å². The Kier molecular flexibility index (Phi) is 3.89. The summed E-state index contributed by atoms with van der Waals surface area (Å²) in [5.41, 5.74) is 1.29.